The molecule has 0 aliphatic rings. The molecule has 0 saturated heterocycles. The summed E-state index contributed by atoms with van der Waals surface area (Å²) in [5.74, 6) is 0.332. The van der Waals surface area contributed by atoms with E-state index in [0.717, 1.165) is 5.69 Å². The predicted molar refractivity (Wildman–Crippen MR) is 87.5 cm³/mol. The van der Waals surface area contributed by atoms with Gasteiger partial charge in [-0.3, -0.25) is 4.79 Å². The molecule has 0 bridgehead atoms. The third-order valence-electron chi connectivity index (χ3n) is 3.50. The van der Waals surface area contributed by atoms with E-state index >= 15 is 0 Å². The van der Waals surface area contributed by atoms with Crippen LogP contribution in [0.4, 0.5) is 4.39 Å². The molecule has 0 fully saturated rings. The van der Waals surface area contributed by atoms with Crippen molar-refractivity contribution in [3.63, 3.8) is 0 Å². The quantitative estimate of drug-likeness (QED) is 0.722. The van der Waals surface area contributed by atoms with Gasteiger partial charge in [0.25, 0.3) is 0 Å². The molecule has 0 atom stereocenters. The second kappa shape index (κ2) is 7.02. The number of hydrogen-bond acceptors (Lipinski definition) is 5. The van der Waals surface area contributed by atoms with Gasteiger partial charge in [0.1, 0.15) is 17.4 Å². The first-order valence-electron chi connectivity index (χ1n) is 7.48. The summed E-state index contributed by atoms with van der Waals surface area (Å²) >= 11 is 6.08. The molecule has 1 aromatic carbocycles. The summed E-state index contributed by atoms with van der Waals surface area (Å²) in [6.45, 7) is 1.87. The monoisotopic (exact) mass is 363 g/mol. The molecule has 3 aromatic rings. The van der Waals surface area contributed by atoms with Gasteiger partial charge in [-0.1, -0.05) is 22.8 Å². The van der Waals surface area contributed by atoms with Crippen molar-refractivity contribution in [2.24, 2.45) is 5.73 Å². The number of carbonyl (C=O) groups excluding carboxylic acids is 1. The van der Waals surface area contributed by atoms with Crippen LogP contribution in [0, 0.1) is 12.7 Å². The van der Waals surface area contributed by atoms with Crippen molar-refractivity contribution < 1.29 is 13.7 Å². The summed E-state index contributed by atoms with van der Waals surface area (Å²) in [5.41, 5.74) is 6.22. The Balaban J connectivity index is 1.95. The minimum absolute atomic E-state index is 0.0692. The SMILES string of the molecule is Cc1cc(Cc2nc(CC(N)=O)nn2Cc2c(F)cccc2Cl)on1. The summed E-state index contributed by atoms with van der Waals surface area (Å²) in [6, 6.07) is 6.21. The van der Waals surface area contributed by atoms with Crippen LogP contribution in [0.1, 0.15) is 28.7 Å². The number of carbonyl (C=O) groups is 1. The number of nitrogens with zero attached hydrogens (tertiary/aromatic N) is 4. The lowest BCUT2D eigenvalue weighted by Gasteiger charge is -2.08. The summed E-state index contributed by atoms with van der Waals surface area (Å²) in [4.78, 5) is 15.4. The fourth-order valence-electron chi connectivity index (χ4n) is 2.40. The fraction of sp³-hybridized carbons (Fsp3) is 0.250. The second-order valence-corrected chi connectivity index (χ2v) is 5.96. The standard InChI is InChI=1S/C16H15ClFN5O2/c1-9-5-10(25-22-9)6-16-20-15(7-14(19)24)21-23(16)8-11-12(17)3-2-4-13(11)18/h2-5H,6-8H2,1H3,(H2,19,24). The second-order valence-electron chi connectivity index (χ2n) is 5.56. The largest absolute Gasteiger partial charge is 0.369 e. The zero-order valence-corrected chi connectivity index (χ0v) is 14.1. The van der Waals surface area contributed by atoms with Crippen molar-refractivity contribution in [1.29, 1.82) is 0 Å². The van der Waals surface area contributed by atoms with Gasteiger partial charge in [-0.15, -0.1) is 0 Å². The Labute approximate surface area is 147 Å². The number of nitrogens with two attached hydrogens (primary N) is 1. The fourth-order valence-corrected chi connectivity index (χ4v) is 2.63. The molecule has 0 saturated carbocycles. The molecule has 130 valence electrons. The van der Waals surface area contributed by atoms with Crippen LogP contribution in [0.15, 0.2) is 28.8 Å². The Morgan fingerprint density at radius 3 is 2.88 bits per heavy atom. The molecule has 9 heteroatoms. The topological polar surface area (TPSA) is 99.8 Å². The van der Waals surface area contributed by atoms with Crippen molar-refractivity contribution in [3.8, 4) is 0 Å². The highest BCUT2D eigenvalue weighted by atomic mass is 35.5. The van der Waals surface area contributed by atoms with Crippen molar-refractivity contribution in [2.45, 2.75) is 26.3 Å². The Bertz CT molecular complexity index is 901. The van der Waals surface area contributed by atoms with Gasteiger partial charge in [-0.05, 0) is 19.1 Å². The maximum Gasteiger partial charge on any atom is 0.225 e. The van der Waals surface area contributed by atoms with Crippen LogP contribution in [-0.4, -0.2) is 25.8 Å². The zero-order chi connectivity index (χ0) is 18.0. The number of aromatic nitrogens is 4. The van der Waals surface area contributed by atoms with Crippen LogP contribution >= 0.6 is 11.6 Å². The van der Waals surface area contributed by atoms with E-state index in [1.54, 1.807) is 19.1 Å². The lowest BCUT2D eigenvalue weighted by molar-refractivity contribution is -0.117. The molecule has 0 aliphatic heterocycles. The number of halogens is 2. The maximum atomic E-state index is 14.1. The van der Waals surface area contributed by atoms with Crippen molar-refractivity contribution in [2.75, 3.05) is 0 Å². The molecule has 0 radical (unpaired) electrons. The maximum absolute atomic E-state index is 14.1. The Morgan fingerprint density at radius 2 is 2.24 bits per heavy atom. The lowest BCUT2D eigenvalue weighted by Crippen LogP contribution is -2.15. The number of primary amides is 1. The highest BCUT2D eigenvalue weighted by molar-refractivity contribution is 6.31. The van der Waals surface area contributed by atoms with Gasteiger partial charge in [0, 0.05) is 16.7 Å². The molecule has 7 nitrogen and oxygen atoms in total. The molecule has 2 N–H and O–H groups in total. The lowest BCUT2D eigenvalue weighted by atomic mass is 10.2. The summed E-state index contributed by atoms with van der Waals surface area (Å²) < 4.78 is 20.7. The minimum atomic E-state index is -0.553. The molecule has 2 aromatic heterocycles. The van der Waals surface area contributed by atoms with Crippen LogP contribution < -0.4 is 5.73 Å². The van der Waals surface area contributed by atoms with E-state index in [0.29, 0.717) is 18.0 Å². The van der Waals surface area contributed by atoms with Crippen molar-refractivity contribution in [3.05, 3.63) is 63.8 Å². The highest BCUT2D eigenvalue weighted by Gasteiger charge is 2.17. The van der Waals surface area contributed by atoms with E-state index in [1.807, 2.05) is 0 Å². The normalized spacial score (nSPS) is 11.0. The number of amides is 1. The number of rotatable bonds is 6. The first-order valence-corrected chi connectivity index (χ1v) is 7.86. The first-order chi connectivity index (χ1) is 11.9. The molecular formula is C16H15ClFN5O2. The number of hydrogen-bond donors (Lipinski definition) is 1. The van der Waals surface area contributed by atoms with E-state index in [4.69, 9.17) is 21.9 Å². The molecular weight excluding hydrogens is 349 g/mol. The molecule has 0 aliphatic carbocycles. The van der Waals surface area contributed by atoms with Crippen molar-refractivity contribution in [1.82, 2.24) is 19.9 Å². The van der Waals surface area contributed by atoms with Crippen LogP contribution in [0.25, 0.3) is 0 Å². The van der Waals surface area contributed by atoms with Crippen LogP contribution in [-0.2, 0) is 24.2 Å². The van der Waals surface area contributed by atoms with Gasteiger partial charge >= 0.3 is 0 Å². The predicted octanol–water partition coefficient (Wildman–Crippen LogP) is 2.03. The van der Waals surface area contributed by atoms with Crippen LogP contribution in [0.3, 0.4) is 0 Å². The van der Waals surface area contributed by atoms with E-state index in [-0.39, 0.29) is 29.4 Å². The number of benzene rings is 1. The summed E-state index contributed by atoms with van der Waals surface area (Å²) in [7, 11) is 0. The van der Waals surface area contributed by atoms with Crippen molar-refractivity contribution >= 4 is 17.5 Å². The third-order valence-corrected chi connectivity index (χ3v) is 3.86. The average Bonchev–Trinajstić information content (AvgIpc) is 3.09. The van der Waals surface area contributed by atoms with Gasteiger partial charge in [-0.25, -0.2) is 14.1 Å². The van der Waals surface area contributed by atoms with E-state index in [2.05, 4.69) is 15.2 Å². The first kappa shape index (κ1) is 17.1. The Morgan fingerprint density at radius 1 is 1.44 bits per heavy atom. The molecule has 3 rings (SSSR count). The minimum Gasteiger partial charge on any atom is -0.369 e. The van der Waals surface area contributed by atoms with Gasteiger partial charge in [0.15, 0.2) is 5.82 Å². The zero-order valence-electron chi connectivity index (χ0n) is 13.4. The Kier molecular flexibility index (Phi) is 4.80. The van der Waals surface area contributed by atoms with Gasteiger partial charge in [0.2, 0.25) is 5.91 Å². The molecule has 0 unspecified atom stereocenters. The van der Waals surface area contributed by atoms with Gasteiger partial charge < -0.3 is 10.3 Å². The van der Waals surface area contributed by atoms with Crippen LogP contribution in [0.2, 0.25) is 5.02 Å². The molecule has 25 heavy (non-hydrogen) atoms. The summed E-state index contributed by atoms with van der Waals surface area (Å²) in [5, 5.41) is 8.36. The number of aryl methyl sites for hydroxylation is 1. The molecule has 1 amide bonds. The van der Waals surface area contributed by atoms with Crippen LogP contribution in [0.5, 0.6) is 0 Å². The third kappa shape index (κ3) is 4.03. The van der Waals surface area contributed by atoms with Gasteiger partial charge in [0.05, 0.1) is 25.1 Å². The molecule has 2 heterocycles. The van der Waals surface area contributed by atoms with Gasteiger partial charge in [-0.2, -0.15) is 5.10 Å². The van der Waals surface area contributed by atoms with E-state index < -0.39 is 11.7 Å². The highest BCUT2D eigenvalue weighted by Crippen LogP contribution is 2.21. The smallest absolute Gasteiger partial charge is 0.225 e. The van der Waals surface area contributed by atoms with E-state index in [9.17, 15) is 9.18 Å². The Hall–Kier alpha value is -2.74. The molecule has 0 spiro atoms. The van der Waals surface area contributed by atoms with E-state index in [1.165, 1.54) is 16.8 Å². The summed E-state index contributed by atoms with van der Waals surface area (Å²) in [6.07, 6.45) is 0.180. The average molecular weight is 364 g/mol.